The number of methoxy groups -OCH3 is 2. The van der Waals surface area contributed by atoms with E-state index in [1.165, 1.54) is 0 Å². The molecule has 0 atom stereocenters. The van der Waals surface area contributed by atoms with Crippen molar-refractivity contribution in [1.82, 2.24) is 4.98 Å². The zero-order valence-corrected chi connectivity index (χ0v) is 16.1. The number of Topliss-reactive ketones (excluding diaryl/α,β-unsaturated/α-hetero) is 1. The Balaban J connectivity index is 1.77. The molecular formula is C20H18BrN2O3+. The summed E-state index contributed by atoms with van der Waals surface area (Å²) in [6, 6.07) is 14.9. The van der Waals surface area contributed by atoms with E-state index in [9.17, 15) is 4.79 Å². The summed E-state index contributed by atoms with van der Waals surface area (Å²) in [6.07, 6.45) is 3.50. The molecule has 0 saturated carbocycles. The van der Waals surface area contributed by atoms with Gasteiger partial charge in [0.25, 0.3) is 6.33 Å². The predicted octanol–water partition coefficient (Wildman–Crippen LogP) is 3.70. The van der Waals surface area contributed by atoms with Gasteiger partial charge in [0.05, 0.1) is 20.4 Å². The number of hydrogen-bond donors (Lipinski definition) is 0. The lowest BCUT2D eigenvalue weighted by Crippen LogP contribution is -2.37. The molecule has 132 valence electrons. The van der Waals surface area contributed by atoms with E-state index in [0.717, 1.165) is 15.7 Å². The van der Waals surface area contributed by atoms with Gasteiger partial charge in [-0.2, -0.15) is 0 Å². The Morgan fingerprint density at radius 2 is 1.88 bits per heavy atom. The topological polar surface area (TPSA) is 52.3 Å². The van der Waals surface area contributed by atoms with Crippen LogP contribution in [0.2, 0.25) is 0 Å². The maximum Gasteiger partial charge on any atom is 0.287 e. The molecule has 0 radical (unpaired) electrons. The lowest BCUT2D eigenvalue weighted by atomic mass is 10.1. The number of aromatic nitrogens is 2. The van der Waals surface area contributed by atoms with Gasteiger partial charge in [0.2, 0.25) is 5.78 Å². The first-order valence-electron chi connectivity index (χ1n) is 7.97. The highest BCUT2D eigenvalue weighted by molar-refractivity contribution is 9.10. The van der Waals surface area contributed by atoms with E-state index in [4.69, 9.17) is 9.47 Å². The molecule has 6 heteroatoms. The van der Waals surface area contributed by atoms with Crippen molar-refractivity contribution in [1.29, 1.82) is 0 Å². The lowest BCUT2D eigenvalue weighted by molar-refractivity contribution is -0.686. The van der Waals surface area contributed by atoms with Crippen molar-refractivity contribution in [3.8, 4) is 22.8 Å². The molecule has 0 unspecified atom stereocenters. The maximum atomic E-state index is 12.4. The van der Waals surface area contributed by atoms with Crippen LogP contribution in [0.25, 0.3) is 11.3 Å². The molecule has 0 fully saturated rings. The Morgan fingerprint density at radius 3 is 2.54 bits per heavy atom. The average Bonchev–Trinajstić information content (AvgIpc) is 2.68. The van der Waals surface area contributed by atoms with Crippen molar-refractivity contribution < 1.29 is 18.8 Å². The van der Waals surface area contributed by atoms with Crippen molar-refractivity contribution in [2.24, 2.45) is 0 Å². The normalized spacial score (nSPS) is 10.4. The highest BCUT2D eigenvalue weighted by atomic mass is 79.9. The van der Waals surface area contributed by atoms with Gasteiger partial charge in [0.15, 0.2) is 23.7 Å². The Kier molecular flexibility index (Phi) is 5.63. The summed E-state index contributed by atoms with van der Waals surface area (Å²) in [5.41, 5.74) is 2.36. The van der Waals surface area contributed by atoms with Gasteiger partial charge >= 0.3 is 0 Å². The standard InChI is InChI=1S/C20H18BrN2O3/c1-25-19-7-6-14(11-20(19)26-2)17-8-9-23(13-22-17)12-18(24)15-4-3-5-16(21)10-15/h3-11,13H,12H2,1-2H3/q+1. The van der Waals surface area contributed by atoms with Crippen LogP contribution in [-0.4, -0.2) is 25.0 Å². The first kappa shape index (κ1) is 18.1. The van der Waals surface area contributed by atoms with Crippen molar-refractivity contribution in [3.63, 3.8) is 0 Å². The van der Waals surface area contributed by atoms with Gasteiger partial charge in [-0.3, -0.25) is 4.79 Å². The van der Waals surface area contributed by atoms with E-state index in [1.807, 2.05) is 48.7 Å². The fraction of sp³-hybridized carbons (Fsp3) is 0.150. The second kappa shape index (κ2) is 8.10. The predicted molar refractivity (Wildman–Crippen MR) is 101 cm³/mol. The van der Waals surface area contributed by atoms with Crippen molar-refractivity contribution >= 4 is 21.7 Å². The third-order valence-electron chi connectivity index (χ3n) is 3.92. The number of ether oxygens (including phenoxy) is 2. The summed E-state index contributed by atoms with van der Waals surface area (Å²) in [5.74, 6) is 1.34. The van der Waals surface area contributed by atoms with Crippen LogP contribution in [-0.2, 0) is 6.54 Å². The molecule has 1 heterocycles. The minimum atomic E-state index is 0.0250. The quantitative estimate of drug-likeness (QED) is 0.456. The second-order valence-corrected chi connectivity index (χ2v) is 6.54. The molecule has 3 rings (SSSR count). The van der Waals surface area contributed by atoms with Gasteiger partial charge in [0.1, 0.15) is 0 Å². The first-order valence-corrected chi connectivity index (χ1v) is 8.76. The second-order valence-electron chi connectivity index (χ2n) is 5.62. The van der Waals surface area contributed by atoms with Crippen LogP contribution < -0.4 is 14.0 Å². The Labute approximate surface area is 160 Å². The van der Waals surface area contributed by atoms with Gasteiger partial charge in [0, 0.05) is 21.7 Å². The van der Waals surface area contributed by atoms with Gasteiger partial charge in [-0.15, -0.1) is 0 Å². The summed E-state index contributed by atoms with van der Waals surface area (Å²) < 4.78 is 13.2. The van der Waals surface area contributed by atoms with Crippen molar-refractivity contribution in [3.05, 3.63) is 71.1 Å². The Hall–Kier alpha value is -2.73. The summed E-state index contributed by atoms with van der Waals surface area (Å²) in [7, 11) is 3.20. The van der Waals surface area contributed by atoms with Crippen molar-refractivity contribution in [2.75, 3.05) is 14.2 Å². The van der Waals surface area contributed by atoms with Gasteiger partial charge in [-0.1, -0.05) is 28.1 Å². The molecule has 0 amide bonds. The SMILES string of the molecule is COc1ccc(-c2cc[n+](CC(=O)c3cccc(Br)c3)cn2)cc1OC. The molecule has 2 aromatic carbocycles. The fourth-order valence-corrected chi connectivity index (χ4v) is 2.96. The van der Waals surface area contributed by atoms with Crippen LogP contribution in [0.1, 0.15) is 10.4 Å². The monoisotopic (exact) mass is 413 g/mol. The van der Waals surface area contributed by atoms with E-state index >= 15 is 0 Å². The zero-order chi connectivity index (χ0) is 18.5. The summed E-state index contributed by atoms with van der Waals surface area (Å²) in [4.78, 5) is 16.8. The van der Waals surface area contributed by atoms with Crippen molar-refractivity contribution in [2.45, 2.75) is 6.54 Å². The number of halogens is 1. The van der Waals surface area contributed by atoms with E-state index in [-0.39, 0.29) is 12.3 Å². The molecule has 26 heavy (non-hydrogen) atoms. The number of carbonyl (C=O) groups is 1. The number of rotatable bonds is 6. The highest BCUT2D eigenvalue weighted by Gasteiger charge is 2.13. The molecule has 0 spiro atoms. The van der Waals surface area contributed by atoms with Crippen LogP contribution in [0.15, 0.2) is 65.5 Å². The van der Waals surface area contributed by atoms with Crippen LogP contribution in [0.5, 0.6) is 11.5 Å². The minimum absolute atomic E-state index is 0.0250. The number of ketones is 1. The molecule has 5 nitrogen and oxygen atoms in total. The van der Waals surface area contributed by atoms with E-state index in [1.54, 1.807) is 31.2 Å². The average molecular weight is 414 g/mol. The molecule has 0 N–H and O–H groups in total. The van der Waals surface area contributed by atoms with E-state index in [0.29, 0.717) is 17.1 Å². The number of benzene rings is 2. The fourth-order valence-electron chi connectivity index (χ4n) is 2.56. The zero-order valence-electron chi connectivity index (χ0n) is 14.5. The molecule has 0 aliphatic rings. The molecule has 0 saturated heterocycles. The van der Waals surface area contributed by atoms with Gasteiger partial charge in [-0.05, 0) is 35.3 Å². The minimum Gasteiger partial charge on any atom is -0.493 e. The Morgan fingerprint density at radius 1 is 1.08 bits per heavy atom. The van der Waals surface area contributed by atoms with Gasteiger partial charge < -0.3 is 9.47 Å². The van der Waals surface area contributed by atoms with Crippen LogP contribution >= 0.6 is 15.9 Å². The summed E-state index contributed by atoms with van der Waals surface area (Å²) in [5, 5.41) is 0. The molecule has 0 aliphatic carbocycles. The van der Waals surface area contributed by atoms with Crippen LogP contribution in [0.4, 0.5) is 0 Å². The molecule has 0 bridgehead atoms. The van der Waals surface area contributed by atoms with E-state index < -0.39 is 0 Å². The van der Waals surface area contributed by atoms with Crippen LogP contribution in [0, 0.1) is 0 Å². The largest absolute Gasteiger partial charge is 0.493 e. The smallest absolute Gasteiger partial charge is 0.287 e. The molecule has 3 aromatic rings. The third kappa shape index (κ3) is 4.08. The highest BCUT2D eigenvalue weighted by Crippen LogP contribution is 2.31. The van der Waals surface area contributed by atoms with Crippen LogP contribution in [0.3, 0.4) is 0 Å². The third-order valence-corrected chi connectivity index (χ3v) is 4.41. The Bertz CT molecular complexity index is 927. The summed E-state index contributed by atoms with van der Waals surface area (Å²) >= 11 is 3.38. The number of hydrogen-bond acceptors (Lipinski definition) is 4. The molecule has 0 aliphatic heterocycles. The first-order chi connectivity index (χ1) is 12.6. The molecule has 1 aromatic heterocycles. The number of carbonyl (C=O) groups excluding carboxylic acids is 1. The maximum absolute atomic E-state index is 12.4. The molecular weight excluding hydrogens is 396 g/mol. The lowest BCUT2D eigenvalue weighted by Gasteiger charge is -2.08. The van der Waals surface area contributed by atoms with E-state index in [2.05, 4.69) is 20.9 Å². The van der Waals surface area contributed by atoms with Gasteiger partial charge in [-0.25, -0.2) is 4.57 Å². The summed E-state index contributed by atoms with van der Waals surface area (Å²) in [6.45, 7) is 0.232. The number of nitrogens with zero attached hydrogens (tertiary/aromatic N) is 2.